The number of fused-ring (bicyclic) bond motifs is 1. The number of tetrazole rings is 1. The molecule has 1 amide bonds. The zero-order valence-electron chi connectivity index (χ0n) is 15.1. The Bertz CT molecular complexity index is 1180. The number of amides is 1. The van der Waals surface area contributed by atoms with Gasteiger partial charge >= 0.3 is 0 Å². The van der Waals surface area contributed by atoms with Gasteiger partial charge in [-0.1, -0.05) is 60.3 Å². The third-order valence-electron chi connectivity index (χ3n) is 4.10. The van der Waals surface area contributed by atoms with Gasteiger partial charge in [0.2, 0.25) is 5.16 Å². The van der Waals surface area contributed by atoms with Crippen LogP contribution in [0.1, 0.15) is 5.56 Å². The van der Waals surface area contributed by atoms with Crippen LogP contribution < -0.4 is 5.43 Å². The largest absolute Gasteiger partial charge is 0.507 e. The van der Waals surface area contributed by atoms with Crippen molar-refractivity contribution in [2.75, 3.05) is 5.75 Å². The molecule has 0 radical (unpaired) electrons. The molecule has 0 aliphatic carbocycles. The number of hydrogen-bond acceptors (Lipinski definition) is 7. The van der Waals surface area contributed by atoms with Crippen LogP contribution in [0.4, 0.5) is 0 Å². The van der Waals surface area contributed by atoms with Crippen molar-refractivity contribution >= 4 is 34.7 Å². The van der Waals surface area contributed by atoms with Gasteiger partial charge in [0.1, 0.15) is 5.75 Å². The minimum atomic E-state index is -0.311. The standard InChI is InChI=1S/C20H16N6O2S/c27-18-11-10-14-6-4-5-9-16(14)17(18)12-21-22-19(28)13-29-20-23-24-25-26(20)15-7-2-1-3-8-15/h1-12,27H,13H2,(H,22,28)/b21-12-. The number of rotatable bonds is 6. The fourth-order valence-corrected chi connectivity index (χ4v) is 3.43. The van der Waals surface area contributed by atoms with E-state index >= 15 is 0 Å². The van der Waals surface area contributed by atoms with E-state index in [0.717, 1.165) is 16.5 Å². The number of nitrogens with one attached hydrogen (secondary N) is 1. The second kappa shape index (κ2) is 8.53. The van der Waals surface area contributed by atoms with E-state index in [2.05, 4.69) is 26.1 Å². The first-order valence-electron chi connectivity index (χ1n) is 8.71. The molecule has 144 valence electrons. The van der Waals surface area contributed by atoms with E-state index < -0.39 is 0 Å². The highest BCUT2D eigenvalue weighted by molar-refractivity contribution is 7.99. The van der Waals surface area contributed by atoms with E-state index in [4.69, 9.17) is 0 Å². The first-order chi connectivity index (χ1) is 14.2. The number of carbonyl (C=O) groups is 1. The smallest absolute Gasteiger partial charge is 0.250 e. The van der Waals surface area contributed by atoms with Gasteiger partial charge in [-0.3, -0.25) is 4.79 Å². The lowest BCUT2D eigenvalue weighted by molar-refractivity contribution is -0.118. The van der Waals surface area contributed by atoms with Crippen molar-refractivity contribution < 1.29 is 9.90 Å². The van der Waals surface area contributed by atoms with Gasteiger partial charge in [-0.05, 0) is 39.4 Å². The maximum Gasteiger partial charge on any atom is 0.250 e. The second-order valence-corrected chi connectivity index (χ2v) is 6.95. The molecule has 9 heteroatoms. The van der Waals surface area contributed by atoms with Crippen LogP contribution in [0.25, 0.3) is 16.5 Å². The summed E-state index contributed by atoms with van der Waals surface area (Å²) in [5, 5.41) is 28.0. The molecule has 0 atom stereocenters. The number of hydrazone groups is 1. The maximum absolute atomic E-state index is 12.1. The normalized spacial score (nSPS) is 11.2. The number of phenols is 1. The molecular weight excluding hydrogens is 388 g/mol. The predicted molar refractivity (Wildman–Crippen MR) is 111 cm³/mol. The summed E-state index contributed by atoms with van der Waals surface area (Å²) in [5.74, 6) is -0.127. The van der Waals surface area contributed by atoms with E-state index in [1.807, 2.05) is 60.7 Å². The number of para-hydroxylation sites is 1. The zero-order chi connectivity index (χ0) is 20.1. The Labute approximate surface area is 170 Å². The molecule has 4 aromatic rings. The Morgan fingerprint density at radius 3 is 2.76 bits per heavy atom. The van der Waals surface area contributed by atoms with Gasteiger partial charge in [0.15, 0.2) is 0 Å². The first-order valence-corrected chi connectivity index (χ1v) is 9.70. The van der Waals surface area contributed by atoms with Gasteiger partial charge < -0.3 is 5.11 Å². The molecule has 0 fully saturated rings. The van der Waals surface area contributed by atoms with Crippen molar-refractivity contribution in [3.8, 4) is 11.4 Å². The Hall–Kier alpha value is -3.72. The van der Waals surface area contributed by atoms with E-state index in [1.165, 1.54) is 18.0 Å². The van der Waals surface area contributed by atoms with Crippen molar-refractivity contribution in [1.82, 2.24) is 25.6 Å². The summed E-state index contributed by atoms with van der Waals surface area (Å²) in [4.78, 5) is 12.1. The number of nitrogens with zero attached hydrogens (tertiary/aromatic N) is 5. The average molecular weight is 404 g/mol. The van der Waals surface area contributed by atoms with Gasteiger partial charge in [-0.2, -0.15) is 9.78 Å². The number of benzene rings is 3. The molecule has 2 N–H and O–H groups in total. The molecule has 8 nitrogen and oxygen atoms in total. The molecule has 0 spiro atoms. The summed E-state index contributed by atoms with van der Waals surface area (Å²) in [6.07, 6.45) is 1.44. The highest BCUT2D eigenvalue weighted by Gasteiger charge is 2.11. The van der Waals surface area contributed by atoms with Crippen LogP contribution in [0.3, 0.4) is 0 Å². The molecule has 0 bridgehead atoms. The Morgan fingerprint density at radius 1 is 1.10 bits per heavy atom. The molecule has 0 unspecified atom stereocenters. The quantitative estimate of drug-likeness (QED) is 0.291. The first kappa shape index (κ1) is 18.6. The van der Waals surface area contributed by atoms with Gasteiger partial charge in [-0.25, -0.2) is 5.43 Å². The molecular formula is C20H16N6O2S. The molecule has 0 saturated carbocycles. The summed E-state index contributed by atoms with van der Waals surface area (Å²) < 4.78 is 1.56. The molecule has 0 saturated heterocycles. The van der Waals surface area contributed by atoms with Gasteiger partial charge in [0.25, 0.3) is 5.91 Å². The lowest BCUT2D eigenvalue weighted by Crippen LogP contribution is -2.20. The van der Waals surface area contributed by atoms with Crippen LogP contribution in [-0.4, -0.2) is 43.2 Å². The van der Waals surface area contributed by atoms with Crippen molar-refractivity contribution in [2.45, 2.75) is 5.16 Å². The van der Waals surface area contributed by atoms with E-state index in [1.54, 1.807) is 10.7 Å². The molecule has 29 heavy (non-hydrogen) atoms. The summed E-state index contributed by atoms with van der Waals surface area (Å²) in [5.41, 5.74) is 3.82. The number of aromatic hydroxyl groups is 1. The molecule has 4 rings (SSSR count). The summed E-state index contributed by atoms with van der Waals surface area (Å²) in [6.45, 7) is 0. The molecule has 0 aliphatic rings. The number of thioether (sulfide) groups is 1. The SMILES string of the molecule is O=C(CSc1nnnn1-c1ccccc1)N/N=C\c1c(O)ccc2ccccc12. The summed E-state index contributed by atoms with van der Waals surface area (Å²) >= 11 is 1.20. The monoisotopic (exact) mass is 404 g/mol. The Morgan fingerprint density at radius 2 is 1.90 bits per heavy atom. The van der Waals surface area contributed by atoms with Crippen LogP contribution in [0, 0.1) is 0 Å². The van der Waals surface area contributed by atoms with Gasteiger partial charge in [0.05, 0.1) is 17.7 Å². The average Bonchev–Trinajstić information content (AvgIpc) is 3.23. The predicted octanol–water partition coefficient (Wildman–Crippen LogP) is 2.76. The van der Waals surface area contributed by atoms with Gasteiger partial charge in [-0.15, -0.1) is 5.10 Å². The zero-order valence-corrected chi connectivity index (χ0v) is 16.0. The number of phenolic OH excluding ortho intramolecular Hbond substituents is 1. The highest BCUT2D eigenvalue weighted by Crippen LogP contribution is 2.25. The van der Waals surface area contributed by atoms with E-state index in [-0.39, 0.29) is 17.4 Å². The molecule has 3 aromatic carbocycles. The number of hydrogen-bond donors (Lipinski definition) is 2. The maximum atomic E-state index is 12.1. The van der Waals surface area contributed by atoms with Crippen LogP contribution >= 0.6 is 11.8 Å². The third kappa shape index (κ3) is 4.25. The molecule has 1 heterocycles. The van der Waals surface area contributed by atoms with Crippen molar-refractivity contribution in [3.63, 3.8) is 0 Å². The Kier molecular flexibility index (Phi) is 5.48. The Balaban J connectivity index is 1.40. The number of carbonyl (C=O) groups excluding carboxylic acids is 1. The number of aromatic nitrogens is 4. The minimum absolute atomic E-state index is 0.0894. The summed E-state index contributed by atoms with van der Waals surface area (Å²) in [7, 11) is 0. The molecule has 0 aliphatic heterocycles. The van der Waals surface area contributed by atoms with E-state index in [9.17, 15) is 9.90 Å². The van der Waals surface area contributed by atoms with Crippen LogP contribution in [0.15, 0.2) is 77.0 Å². The van der Waals surface area contributed by atoms with Crippen molar-refractivity contribution in [3.05, 3.63) is 72.3 Å². The fourth-order valence-electron chi connectivity index (χ4n) is 2.75. The third-order valence-corrected chi connectivity index (χ3v) is 5.02. The lowest BCUT2D eigenvalue weighted by atomic mass is 10.0. The highest BCUT2D eigenvalue weighted by atomic mass is 32.2. The molecule has 1 aromatic heterocycles. The topological polar surface area (TPSA) is 105 Å². The van der Waals surface area contributed by atoms with E-state index in [0.29, 0.717) is 10.7 Å². The van der Waals surface area contributed by atoms with Gasteiger partial charge in [0, 0.05) is 5.56 Å². The van der Waals surface area contributed by atoms with Crippen LogP contribution in [-0.2, 0) is 4.79 Å². The van der Waals surface area contributed by atoms with Crippen LogP contribution in [0.5, 0.6) is 5.75 Å². The van der Waals surface area contributed by atoms with Crippen molar-refractivity contribution in [2.24, 2.45) is 5.10 Å². The van der Waals surface area contributed by atoms with Crippen LogP contribution in [0.2, 0.25) is 0 Å². The fraction of sp³-hybridized carbons (Fsp3) is 0.0500. The van der Waals surface area contributed by atoms with Crippen molar-refractivity contribution in [1.29, 1.82) is 0 Å². The summed E-state index contributed by atoms with van der Waals surface area (Å²) in [6, 6.07) is 20.5. The second-order valence-electron chi connectivity index (χ2n) is 6.01. The lowest BCUT2D eigenvalue weighted by Gasteiger charge is -2.05. The minimum Gasteiger partial charge on any atom is -0.507 e.